The lowest BCUT2D eigenvalue weighted by Crippen LogP contribution is -2.66. The Bertz CT molecular complexity index is 562. The van der Waals surface area contributed by atoms with Crippen molar-refractivity contribution < 1.29 is 19.2 Å². The van der Waals surface area contributed by atoms with Crippen LogP contribution < -0.4 is 16.8 Å². The molecule has 2 heterocycles. The molecule has 3 amide bonds. The number of nitrogens with two attached hydrogens (primary N) is 2. The molecule has 134 valence electrons. The summed E-state index contributed by atoms with van der Waals surface area (Å²) in [6.07, 6.45) is 1.67. The number of amides is 3. The summed E-state index contributed by atoms with van der Waals surface area (Å²) < 4.78 is 0. The number of nitrogens with one attached hydrogen (secondary N) is 1. The van der Waals surface area contributed by atoms with Crippen LogP contribution in [0.3, 0.4) is 0 Å². The van der Waals surface area contributed by atoms with E-state index in [1.807, 2.05) is 13.8 Å². The Morgan fingerprint density at radius 3 is 2.54 bits per heavy atom. The molecule has 3 atom stereocenters. The number of rotatable bonds is 6. The number of hydrogen-bond donors (Lipinski definition) is 3. The van der Waals surface area contributed by atoms with Gasteiger partial charge in [-0.3, -0.25) is 19.2 Å². The minimum atomic E-state index is -1.70. The summed E-state index contributed by atoms with van der Waals surface area (Å²) >= 11 is 0. The van der Waals surface area contributed by atoms with E-state index in [4.69, 9.17) is 11.5 Å². The second kappa shape index (κ2) is 6.88. The third kappa shape index (κ3) is 3.15. The first-order valence-electron chi connectivity index (χ1n) is 8.40. The van der Waals surface area contributed by atoms with Crippen molar-refractivity contribution in [1.29, 1.82) is 0 Å². The van der Waals surface area contributed by atoms with Gasteiger partial charge in [-0.2, -0.15) is 0 Å². The second-order valence-electron chi connectivity index (χ2n) is 7.08. The van der Waals surface area contributed by atoms with Gasteiger partial charge in [-0.25, -0.2) is 0 Å². The lowest BCUT2D eigenvalue weighted by molar-refractivity contribution is -0.153. The van der Waals surface area contributed by atoms with Crippen LogP contribution in [-0.2, 0) is 19.2 Å². The molecule has 0 saturated carbocycles. The fourth-order valence-corrected chi connectivity index (χ4v) is 3.66. The normalized spacial score (nSPS) is 28.1. The maximum Gasteiger partial charge on any atom is 0.251 e. The second-order valence-corrected chi connectivity index (χ2v) is 7.08. The van der Waals surface area contributed by atoms with Crippen molar-refractivity contribution in [3.8, 4) is 0 Å². The van der Waals surface area contributed by atoms with Gasteiger partial charge in [0.1, 0.15) is 0 Å². The van der Waals surface area contributed by atoms with Crippen molar-refractivity contribution in [2.45, 2.75) is 63.6 Å². The minimum Gasteiger partial charge on any atom is -0.367 e. The first-order chi connectivity index (χ1) is 11.2. The highest BCUT2D eigenvalue weighted by Crippen LogP contribution is 2.33. The van der Waals surface area contributed by atoms with Crippen molar-refractivity contribution in [3.05, 3.63) is 0 Å². The molecule has 0 radical (unpaired) electrons. The lowest BCUT2D eigenvalue weighted by Gasteiger charge is -2.37. The molecule has 5 N–H and O–H groups in total. The Morgan fingerprint density at radius 2 is 2.04 bits per heavy atom. The Hall–Kier alpha value is -1.96. The third-order valence-electron chi connectivity index (χ3n) is 4.82. The van der Waals surface area contributed by atoms with Crippen molar-refractivity contribution in [2.24, 2.45) is 17.4 Å². The number of carbonyl (C=O) groups is 4. The van der Waals surface area contributed by atoms with E-state index in [2.05, 4.69) is 5.32 Å². The number of nitrogens with zero attached hydrogens (tertiary/aromatic N) is 1. The molecule has 0 aliphatic carbocycles. The van der Waals surface area contributed by atoms with E-state index >= 15 is 0 Å². The molecule has 0 aromatic carbocycles. The number of ketones is 1. The molecule has 0 aromatic heterocycles. The Balaban J connectivity index is 2.29. The van der Waals surface area contributed by atoms with Crippen LogP contribution in [0.2, 0.25) is 0 Å². The van der Waals surface area contributed by atoms with Crippen LogP contribution in [0.1, 0.15) is 46.0 Å². The van der Waals surface area contributed by atoms with Crippen LogP contribution in [0.25, 0.3) is 0 Å². The zero-order valence-electron chi connectivity index (χ0n) is 14.2. The quantitative estimate of drug-likeness (QED) is 0.537. The van der Waals surface area contributed by atoms with Crippen molar-refractivity contribution >= 4 is 23.5 Å². The highest BCUT2D eigenvalue weighted by molar-refractivity contribution is 6.16. The molecule has 2 saturated heterocycles. The van der Waals surface area contributed by atoms with Gasteiger partial charge in [-0.1, -0.05) is 13.8 Å². The number of hydrogen-bond acceptors (Lipinski definition) is 5. The van der Waals surface area contributed by atoms with Crippen LogP contribution in [0, 0.1) is 5.92 Å². The zero-order chi connectivity index (χ0) is 18.1. The van der Waals surface area contributed by atoms with Gasteiger partial charge >= 0.3 is 0 Å². The zero-order valence-corrected chi connectivity index (χ0v) is 14.2. The van der Waals surface area contributed by atoms with Gasteiger partial charge in [0.05, 0.1) is 12.1 Å². The van der Waals surface area contributed by atoms with Gasteiger partial charge in [-0.15, -0.1) is 0 Å². The Kier molecular flexibility index (Phi) is 5.27. The number of carbonyl (C=O) groups excluding carboxylic acids is 4. The summed E-state index contributed by atoms with van der Waals surface area (Å²) in [5.41, 5.74) is 9.83. The molecule has 2 aliphatic heterocycles. The van der Waals surface area contributed by atoms with E-state index in [1.54, 1.807) is 0 Å². The monoisotopic (exact) mass is 338 g/mol. The van der Waals surface area contributed by atoms with Crippen LogP contribution in [0.5, 0.6) is 0 Å². The van der Waals surface area contributed by atoms with E-state index in [-0.39, 0.29) is 31.2 Å². The van der Waals surface area contributed by atoms with E-state index < -0.39 is 35.2 Å². The van der Waals surface area contributed by atoms with E-state index in [9.17, 15) is 19.2 Å². The standard InChI is InChI=1S/C16H26N4O4/c1-9(2)8-10(17)14(23)20-7-3-6-16(20,15(18)24)13(22)11-4-5-12(21)19-11/h9-11H,3-8,17H2,1-2H3,(H2,18,24)(H,19,21)/t10-,11-,16-/m0/s1. The summed E-state index contributed by atoms with van der Waals surface area (Å²) in [5.74, 6) is -1.81. The highest BCUT2D eigenvalue weighted by atomic mass is 16.2. The van der Waals surface area contributed by atoms with Crippen LogP contribution in [0.15, 0.2) is 0 Å². The molecular weight excluding hydrogens is 312 g/mol. The van der Waals surface area contributed by atoms with Crippen molar-refractivity contribution in [3.63, 3.8) is 0 Å². The van der Waals surface area contributed by atoms with Crippen LogP contribution in [0.4, 0.5) is 0 Å². The molecular formula is C16H26N4O4. The largest absolute Gasteiger partial charge is 0.367 e. The predicted octanol–water partition coefficient (Wildman–Crippen LogP) is -0.946. The average molecular weight is 338 g/mol. The first-order valence-corrected chi connectivity index (χ1v) is 8.40. The van der Waals surface area contributed by atoms with Crippen LogP contribution in [-0.4, -0.2) is 52.6 Å². The average Bonchev–Trinajstić information content (AvgIpc) is 3.11. The fourth-order valence-electron chi connectivity index (χ4n) is 3.66. The van der Waals surface area contributed by atoms with Gasteiger partial charge in [-0.05, 0) is 31.6 Å². The van der Waals surface area contributed by atoms with Gasteiger partial charge in [0.15, 0.2) is 11.3 Å². The summed E-state index contributed by atoms with van der Waals surface area (Å²) in [6, 6.07) is -1.56. The lowest BCUT2D eigenvalue weighted by atomic mass is 9.84. The summed E-state index contributed by atoms with van der Waals surface area (Å²) in [6.45, 7) is 4.15. The Morgan fingerprint density at radius 1 is 1.38 bits per heavy atom. The first kappa shape index (κ1) is 18.4. The van der Waals surface area contributed by atoms with Gasteiger partial charge in [0, 0.05) is 13.0 Å². The molecule has 0 unspecified atom stereocenters. The maximum atomic E-state index is 13.0. The molecule has 0 aromatic rings. The molecule has 2 rings (SSSR count). The minimum absolute atomic E-state index is 0.174. The molecule has 0 bridgehead atoms. The summed E-state index contributed by atoms with van der Waals surface area (Å²) in [7, 11) is 0. The number of likely N-dealkylation sites (tertiary alicyclic amines) is 1. The summed E-state index contributed by atoms with van der Waals surface area (Å²) in [5, 5.41) is 2.57. The van der Waals surface area contributed by atoms with Crippen molar-refractivity contribution in [1.82, 2.24) is 10.2 Å². The van der Waals surface area contributed by atoms with Crippen molar-refractivity contribution in [2.75, 3.05) is 6.54 Å². The predicted molar refractivity (Wildman–Crippen MR) is 86.5 cm³/mol. The van der Waals surface area contributed by atoms with Gasteiger partial charge in [0.2, 0.25) is 11.8 Å². The molecule has 0 spiro atoms. The molecule has 2 aliphatic rings. The summed E-state index contributed by atoms with van der Waals surface area (Å²) in [4.78, 5) is 50.6. The number of Topliss-reactive ketones (excluding diaryl/α,β-unsaturated/α-hetero) is 1. The molecule has 8 nitrogen and oxygen atoms in total. The third-order valence-corrected chi connectivity index (χ3v) is 4.82. The van der Waals surface area contributed by atoms with E-state index in [0.29, 0.717) is 19.3 Å². The topological polar surface area (TPSA) is 136 Å². The smallest absolute Gasteiger partial charge is 0.251 e. The van der Waals surface area contributed by atoms with E-state index in [0.717, 1.165) is 0 Å². The van der Waals surface area contributed by atoms with Crippen LogP contribution >= 0.6 is 0 Å². The molecule has 24 heavy (non-hydrogen) atoms. The Labute approximate surface area is 141 Å². The molecule has 2 fully saturated rings. The van der Waals surface area contributed by atoms with Gasteiger partial charge < -0.3 is 21.7 Å². The molecule has 8 heteroatoms. The fraction of sp³-hybridized carbons (Fsp3) is 0.750. The maximum absolute atomic E-state index is 13.0. The highest BCUT2D eigenvalue weighted by Gasteiger charge is 2.57. The number of primary amides is 1. The SMILES string of the molecule is CC(C)C[C@H](N)C(=O)N1CCC[C@@]1(C(N)=O)C(=O)[C@@H]1CCC(=O)N1. The van der Waals surface area contributed by atoms with E-state index in [1.165, 1.54) is 4.90 Å². The van der Waals surface area contributed by atoms with Gasteiger partial charge in [0.25, 0.3) is 5.91 Å².